The molecule has 13 atom stereocenters. The zero-order chi connectivity index (χ0) is 49.3. The van der Waals surface area contributed by atoms with Gasteiger partial charge in [0.15, 0.2) is 0 Å². The van der Waals surface area contributed by atoms with E-state index in [9.17, 15) is 0 Å². The highest BCUT2D eigenvalue weighted by Crippen LogP contribution is 2.45. The van der Waals surface area contributed by atoms with Gasteiger partial charge in [-0.05, 0) is 174 Å². The molecule has 0 N–H and O–H groups in total. The fourth-order valence-electron chi connectivity index (χ4n) is 13.8. The highest BCUT2D eigenvalue weighted by molar-refractivity contribution is 4.87. The van der Waals surface area contributed by atoms with Gasteiger partial charge in [-0.2, -0.15) is 0 Å². The van der Waals surface area contributed by atoms with E-state index in [4.69, 9.17) is 0 Å². The molecule has 0 bridgehead atoms. The third kappa shape index (κ3) is 32.0. The molecule has 0 saturated heterocycles. The molecule has 0 spiro atoms. The lowest BCUT2D eigenvalue weighted by Crippen LogP contribution is -2.39. The second-order valence-corrected chi connectivity index (χ2v) is 28.2. The van der Waals surface area contributed by atoms with Crippen molar-refractivity contribution in [2.45, 2.75) is 341 Å². The molecular formula is C72H160. The van der Waals surface area contributed by atoms with Gasteiger partial charge in [0.1, 0.15) is 0 Å². The van der Waals surface area contributed by atoms with Crippen LogP contribution < -0.4 is 0 Å². The predicted molar refractivity (Wildman–Crippen MR) is 348 cm³/mol. The molecule has 12 unspecified atom stereocenters. The molecule has 72 heavy (non-hydrogen) atoms. The minimum atomic E-state index is 0. The Bertz CT molecular complexity index is 1030. The lowest BCUT2D eigenvalue weighted by atomic mass is 9.60. The van der Waals surface area contributed by atoms with Crippen LogP contribution in [-0.2, 0) is 0 Å². The molecule has 8 aliphatic rings. The molecule has 8 fully saturated rings. The van der Waals surface area contributed by atoms with Crippen LogP contribution in [0.4, 0.5) is 0 Å². The van der Waals surface area contributed by atoms with Crippen LogP contribution in [0.25, 0.3) is 0 Å². The van der Waals surface area contributed by atoms with Crippen LogP contribution in [0.1, 0.15) is 341 Å². The van der Waals surface area contributed by atoms with Gasteiger partial charge in [-0.1, -0.05) is 296 Å². The number of hydrogen-bond donors (Lipinski definition) is 0. The molecule has 0 heteroatoms. The van der Waals surface area contributed by atoms with E-state index < -0.39 is 0 Å². The molecular weight excluding hydrogens is 865 g/mol. The van der Waals surface area contributed by atoms with E-state index in [0.717, 1.165) is 118 Å². The van der Waals surface area contributed by atoms with Gasteiger partial charge in [0.25, 0.3) is 0 Å². The molecule has 0 aromatic rings. The van der Waals surface area contributed by atoms with Gasteiger partial charge >= 0.3 is 0 Å². The average molecular weight is 1030 g/mol. The highest BCUT2D eigenvalue weighted by atomic mass is 14.4. The van der Waals surface area contributed by atoms with Gasteiger partial charge in [-0.3, -0.25) is 0 Å². The maximum absolute atomic E-state index is 2.39. The Kier molecular flexibility index (Phi) is 52.9. The third-order valence-electron chi connectivity index (χ3n) is 21.7. The smallest absolute Gasteiger partial charge is 0.0329 e. The summed E-state index contributed by atoms with van der Waals surface area (Å²) >= 11 is 0. The lowest BCUT2D eigenvalue weighted by Gasteiger charge is -2.45. The Morgan fingerprint density at radius 1 is 0.306 bits per heavy atom. The molecule has 0 radical (unpaired) electrons. The van der Waals surface area contributed by atoms with Crippen LogP contribution in [0.3, 0.4) is 0 Å². The summed E-state index contributed by atoms with van der Waals surface area (Å²) in [5, 5.41) is 0. The SMILES string of the molecule is C.C.C.C.C.C.C.C.CC1C(C)C(C)C1C.CC1CC(C)C(C)C1.CC1CC(C)[C@@H](C)C1.CC1CCC(C)(C)C1.CC1CCC(C)C1C.CC1CCC(C)C1C.CC1CCCC1(C)C.CCC1CCCC1C. The summed E-state index contributed by atoms with van der Waals surface area (Å²) in [6.45, 7) is 56.8. The number of rotatable bonds is 1. The summed E-state index contributed by atoms with van der Waals surface area (Å²) in [5.74, 6) is 19.8. The molecule has 0 amide bonds. The summed E-state index contributed by atoms with van der Waals surface area (Å²) in [4.78, 5) is 0. The summed E-state index contributed by atoms with van der Waals surface area (Å²) in [6.07, 6.45) is 26.2. The van der Waals surface area contributed by atoms with Crippen LogP contribution >= 0.6 is 0 Å². The van der Waals surface area contributed by atoms with E-state index >= 15 is 0 Å². The van der Waals surface area contributed by atoms with Crippen molar-refractivity contribution < 1.29 is 0 Å². The van der Waals surface area contributed by atoms with Crippen LogP contribution in [0, 0.1) is 129 Å². The van der Waals surface area contributed by atoms with Gasteiger partial charge in [-0.25, -0.2) is 0 Å². The van der Waals surface area contributed by atoms with Crippen LogP contribution in [0.2, 0.25) is 0 Å². The standard InChI is InChI=1S/8C8H16.8CH4/c2*1-6-4-7(2)8(3)5-6;1-7-4-5-8(2,3)6-7;1-7-5-4-6-8(7,2)3;2*1-6-4-5-7(2)8(6)3;1-5-6(2)8(4)7(5)3;1-3-8-6-4-5-7(8)2;;;;;;;;/h2*6-8H,4-5H2,1-3H3;2*7H,4-6H2,1-3H3;2*6-8H,4-5H2,1-3H3;5-8H,1-4H3;7-8H,3-6H2,1-2H3;8*1H4/t6?,7-,8?;;;;;;;;;;;;;;;/m0.............../s1. The lowest BCUT2D eigenvalue weighted by molar-refractivity contribution is 0.0302. The molecule has 8 saturated carbocycles. The minimum absolute atomic E-state index is 0. The minimum Gasteiger partial charge on any atom is -0.0776 e. The normalized spacial score (nSPS) is 39.5. The van der Waals surface area contributed by atoms with Crippen molar-refractivity contribution in [2.24, 2.45) is 129 Å². The molecule has 0 aliphatic heterocycles. The van der Waals surface area contributed by atoms with Crippen molar-refractivity contribution in [3.8, 4) is 0 Å². The van der Waals surface area contributed by atoms with E-state index in [-0.39, 0.29) is 59.4 Å². The quantitative estimate of drug-likeness (QED) is 0.246. The molecule has 0 aromatic carbocycles. The first kappa shape index (κ1) is 88.6. The number of hydrogen-bond acceptors (Lipinski definition) is 0. The topological polar surface area (TPSA) is 0 Å². The second kappa shape index (κ2) is 43.0. The predicted octanol–water partition coefficient (Wildman–Crippen LogP) is 26.9. The van der Waals surface area contributed by atoms with E-state index in [2.05, 4.69) is 166 Å². The highest BCUT2D eigenvalue weighted by Gasteiger charge is 2.38. The molecule has 0 heterocycles. The first-order chi connectivity index (χ1) is 29.5. The van der Waals surface area contributed by atoms with Gasteiger partial charge in [0.2, 0.25) is 0 Å². The van der Waals surface area contributed by atoms with E-state index in [1.165, 1.54) is 116 Å². The van der Waals surface area contributed by atoms with Gasteiger partial charge in [-0.15, -0.1) is 0 Å². The van der Waals surface area contributed by atoms with Crippen molar-refractivity contribution in [3.63, 3.8) is 0 Å². The van der Waals surface area contributed by atoms with Gasteiger partial charge < -0.3 is 0 Å². The molecule has 0 nitrogen and oxygen atoms in total. The maximum Gasteiger partial charge on any atom is -0.0329 e. The monoisotopic (exact) mass is 1030 g/mol. The molecule has 448 valence electrons. The average Bonchev–Trinajstić information content (AvgIpc) is 4.11. The molecule has 8 aliphatic carbocycles. The van der Waals surface area contributed by atoms with Crippen molar-refractivity contribution in [3.05, 3.63) is 0 Å². The summed E-state index contributed by atoms with van der Waals surface area (Å²) in [5.41, 5.74) is 1.32. The van der Waals surface area contributed by atoms with Crippen molar-refractivity contribution in [2.75, 3.05) is 0 Å². The van der Waals surface area contributed by atoms with Crippen LogP contribution in [-0.4, -0.2) is 0 Å². The van der Waals surface area contributed by atoms with Crippen molar-refractivity contribution >= 4 is 0 Å². The van der Waals surface area contributed by atoms with Crippen LogP contribution in [0.15, 0.2) is 0 Å². The second-order valence-electron chi connectivity index (χ2n) is 28.2. The van der Waals surface area contributed by atoms with Crippen molar-refractivity contribution in [1.82, 2.24) is 0 Å². The Morgan fingerprint density at radius 2 is 0.625 bits per heavy atom. The Morgan fingerprint density at radius 3 is 0.722 bits per heavy atom. The molecule has 8 rings (SSSR count). The first-order valence-electron chi connectivity index (χ1n) is 29.5. The summed E-state index contributed by atoms with van der Waals surface area (Å²) < 4.78 is 0. The van der Waals surface area contributed by atoms with Crippen LogP contribution in [0.5, 0.6) is 0 Å². The van der Waals surface area contributed by atoms with Crippen molar-refractivity contribution in [1.29, 1.82) is 0 Å². The third-order valence-corrected chi connectivity index (χ3v) is 21.7. The Balaban J connectivity index is -0.000000107. The first-order valence-corrected chi connectivity index (χ1v) is 29.5. The zero-order valence-corrected chi connectivity index (χ0v) is 49.3. The van der Waals surface area contributed by atoms with E-state index in [1.54, 1.807) is 0 Å². The fourth-order valence-corrected chi connectivity index (χ4v) is 13.8. The molecule has 0 aromatic heterocycles. The summed E-state index contributed by atoms with van der Waals surface area (Å²) in [6, 6.07) is 0. The Labute approximate surface area is 468 Å². The van der Waals surface area contributed by atoms with Gasteiger partial charge in [0.05, 0.1) is 0 Å². The Hall–Kier alpha value is 0. The summed E-state index contributed by atoms with van der Waals surface area (Å²) in [7, 11) is 0. The maximum atomic E-state index is 2.39. The fraction of sp³-hybridized carbons (Fsp3) is 1.00. The zero-order valence-electron chi connectivity index (χ0n) is 49.3. The van der Waals surface area contributed by atoms with Gasteiger partial charge in [0, 0.05) is 0 Å². The largest absolute Gasteiger partial charge is 0.0776 e. The van der Waals surface area contributed by atoms with E-state index in [1.807, 2.05) is 0 Å². The van der Waals surface area contributed by atoms with E-state index in [0.29, 0.717) is 10.8 Å².